The van der Waals surface area contributed by atoms with Crippen LogP contribution in [0.5, 0.6) is 0 Å². The lowest BCUT2D eigenvalue weighted by atomic mass is 10.5. The highest BCUT2D eigenvalue weighted by atomic mass is 79.9. The smallest absolute Gasteiger partial charge is 0.269 e. The van der Waals surface area contributed by atoms with Crippen molar-refractivity contribution in [3.05, 3.63) is 21.0 Å². The van der Waals surface area contributed by atoms with Crippen LogP contribution in [0.1, 0.15) is 11.4 Å². The minimum Gasteiger partial charge on any atom is -0.336 e. The molecular formula is C9H10BrClN4O3S. The van der Waals surface area contributed by atoms with Crippen molar-refractivity contribution in [2.24, 2.45) is 7.05 Å². The summed E-state index contributed by atoms with van der Waals surface area (Å²) in [5, 5.41) is 7.62. The molecule has 0 amide bonds. The molecule has 19 heavy (non-hydrogen) atoms. The second-order valence-corrected chi connectivity index (χ2v) is 6.62. The largest absolute Gasteiger partial charge is 0.336 e. The Morgan fingerprint density at radius 3 is 2.42 bits per heavy atom. The maximum atomic E-state index is 12.3. The van der Waals surface area contributed by atoms with Crippen LogP contribution in [0.2, 0.25) is 5.15 Å². The summed E-state index contributed by atoms with van der Waals surface area (Å²) in [5.41, 5.74) is 0.832. The predicted octanol–water partition coefficient (Wildman–Crippen LogP) is 2.24. The fourth-order valence-corrected chi connectivity index (χ4v) is 3.63. The third-order valence-electron chi connectivity index (χ3n) is 2.39. The summed E-state index contributed by atoms with van der Waals surface area (Å²) in [6.45, 7) is 3.23. The van der Waals surface area contributed by atoms with Crippen LogP contribution in [-0.4, -0.2) is 23.4 Å². The quantitative estimate of drug-likeness (QED) is 0.896. The Bertz CT molecular complexity index is 737. The summed E-state index contributed by atoms with van der Waals surface area (Å²) in [6.07, 6.45) is 0. The Kier molecular flexibility index (Phi) is 3.63. The van der Waals surface area contributed by atoms with Crippen molar-refractivity contribution in [1.82, 2.24) is 14.9 Å². The molecule has 0 saturated heterocycles. The van der Waals surface area contributed by atoms with E-state index in [1.54, 1.807) is 20.9 Å². The molecule has 0 radical (unpaired) electrons. The first-order chi connectivity index (χ1) is 8.74. The van der Waals surface area contributed by atoms with Gasteiger partial charge in [-0.05, 0) is 29.8 Å². The summed E-state index contributed by atoms with van der Waals surface area (Å²) < 4.78 is 33.4. The van der Waals surface area contributed by atoms with Gasteiger partial charge in [0.25, 0.3) is 15.9 Å². The van der Waals surface area contributed by atoms with Crippen molar-refractivity contribution in [2.75, 3.05) is 4.72 Å². The van der Waals surface area contributed by atoms with Crippen LogP contribution in [0.4, 0.5) is 5.88 Å². The van der Waals surface area contributed by atoms with Gasteiger partial charge in [-0.2, -0.15) is 5.10 Å². The zero-order valence-electron chi connectivity index (χ0n) is 10.2. The molecule has 1 N–H and O–H groups in total. The first kappa shape index (κ1) is 14.4. The molecule has 0 aliphatic heterocycles. The van der Waals surface area contributed by atoms with Gasteiger partial charge in [-0.3, -0.25) is 4.68 Å². The van der Waals surface area contributed by atoms with Gasteiger partial charge in [-0.1, -0.05) is 16.8 Å². The zero-order chi connectivity index (χ0) is 14.4. The van der Waals surface area contributed by atoms with Crippen LogP contribution >= 0.6 is 27.5 Å². The number of halogens is 2. The molecule has 0 unspecified atom stereocenters. The molecule has 2 heterocycles. The SMILES string of the molecule is Cc1noc(NS(=O)(=O)c2c(C)nn(C)c2Cl)c1Br. The van der Waals surface area contributed by atoms with Gasteiger partial charge < -0.3 is 4.52 Å². The van der Waals surface area contributed by atoms with Gasteiger partial charge in [0.2, 0.25) is 0 Å². The molecule has 0 atom stereocenters. The third kappa shape index (κ3) is 2.49. The average Bonchev–Trinajstić information content (AvgIpc) is 2.73. The van der Waals surface area contributed by atoms with E-state index in [2.05, 4.69) is 30.9 Å². The molecule has 0 aromatic carbocycles. The van der Waals surface area contributed by atoms with Crippen molar-refractivity contribution < 1.29 is 12.9 Å². The van der Waals surface area contributed by atoms with Gasteiger partial charge in [0.15, 0.2) is 0 Å². The number of anilines is 1. The van der Waals surface area contributed by atoms with Crippen LogP contribution in [-0.2, 0) is 17.1 Å². The highest BCUT2D eigenvalue weighted by Crippen LogP contribution is 2.30. The lowest BCUT2D eigenvalue weighted by molar-refractivity contribution is 0.430. The second kappa shape index (κ2) is 4.80. The van der Waals surface area contributed by atoms with Crippen LogP contribution in [0, 0.1) is 13.8 Å². The monoisotopic (exact) mass is 368 g/mol. The number of hydrogen-bond donors (Lipinski definition) is 1. The van der Waals surface area contributed by atoms with Gasteiger partial charge in [-0.25, -0.2) is 13.1 Å². The van der Waals surface area contributed by atoms with Gasteiger partial charge >= 0.3 is 0 Å². The van der Waals surface area contributed by atoms with Crippen molar-refractivity contribution in [3.8, 4) is 0 Å². The molecule has 10 heteroatoms. The molecule has 104 valence electrons. The van der Waals surface area contributed by atoms with E-state index >= 15 is 0 Å². The number of nitrogens with one attached hydrogen (secondary N) is 1. The third-order valence-corrected chi connectivity index (χ3v) is 5.35. The molecule has 0 bridgehead atoms. The molecule has 0 saturated carbocycles. The summed E-state index contributed by atoms with van der Waals surface area (Å²) in [5.74, 6) is -0.00294. The molecule has 2 aromatic heterocycles. The minimum absolute atomic E-state index is 0.00294. The van der Waals surface area contributed by atoms with Crippen molar-refractivity contribution in [3.63, 3.8) is 0 Å². The lowest BCUT2D eigenvalue weighted by Gasteiger charge is -2.04. The van der Waals surface area contributed by atoms with E-state index in [0.29, 0.717) is 15.9 Å². The molecule has 0 fully saturated rings. The van der Waals surface area contributed by atoms with Crippen molar-refractivity contribution >= 4 is 43.4 Å². The fraction of sp³-hybridized carbons (Fsp3) is 0.333. The molecule has 2 aromatic rings. The molecule has 0 aliphatic carbocycles. The Morgan fingerprint density at radius 1 is 1.37 bits per heavy atom. The minimum atomic E-state index is -3.89. The van der Waals surface area contributed by atoms with Gasteiger partial charge in [0.05, 0.1) is 11.4 Å². The molecule has 0 spiro atoms. The summed E-state index contributed by atoms with van der Waals surface area (Å²) in [4.78, 5) is -0.0855. The number of nitrogens with zero attached hydrogens (tertiary/aromatic N) is 3. The molecule has 0 aliphatic rings. The Hall–Kier alpha value is -1.06. The number of hydrogen-bond acceptors (Lipinski definition) is 5. The van der Waals surface area contributed by atoms with E-state index in [9.17, 15) is 8.42 Å². The molecule has 2 rings (SSSR count). The number of sulfonamides is 1. The van der Waals surface area contributed by atoms with Crippen LogP contribution in [0.3, 0.4) is 0 Å². The summed E-state index contributed by atoms with van der Waals surface area (Å²) in [6, 6.07) is 0. The molecule has 7 nitrogen and oxygen atoms in total. The van der Waals surface area contributed by atoms with Crippen LogP contribution in [0.15, 0.2) is 13.9 Å². The van der Waals surface area contributed by atoms with Gasteiger partial charge in [-0.15, -0.1) is 0 Å². The van der Waals surface area contributed by atoms with Gasteiger partial charge in [0.1, 0.15) is 14.5 Å². The maximum absolute atomic E-state index is 12.3. The van der Waals surface area contributed by atoms with E-state index < -0.39 is 10.0 Å². The van der Waals surface area contributed by atoms with Crippen LogP contribution in [0.25, 0.3) is 0 Å². The predicted molar refractivity (Wildman–Crippen MR) is 72.7 cm³/mol. The van der Waals surface area contributed by atoms with Gasteiger partial charge in [0, 0.05) is 7.05 Å². The second-order valence-electron chi connectivity index (χ2n) is 3.85. The summed E-state index contributed by atoms with van der Waals surface area (Å²) >= 11 is 9.11. The van der Waals surface area contributed by atoms with Crippen molar-refractivity contribution in [1.29, 1.82) is 0 Å². The first-order valence-electron chi connectivity index (χ1n) is 5.07. The van der Waals surface area contributed by atoms with E-state index in [-0.39, 0.29) is 15.9 Å². The highest BCUT2D eigenvalue weighted by Gasteiger charge is 2.27. The number of rotatable bonds is 3. The normalized spacial score (nSPS) is 11.8. The van der Waals surface area contributed by atoms with E-state index in [4.69, 9.17) is 16.1 Å². The lowest BCUT2D eigenvalue weighted by Crippen LogP contribution is -2.14. The zero-order valence-corrected chi connectivity index (χ0v) is 13.4. The van der Waals surface area contributed by atoms with Crippen LogP contribution < -0.4 is 4.72 Å². The first-order valence-corrected chi connectivity index (χ1v) is 7.73. The van der Waals surface area contributed by atoms with E-state index in [1.165, 1.54) is 4.68 Å². The summed E-state index contributed by atoms with van der Waals surface area (Å²) in [7, 11) is -2.33. The Labute approximate surface area is 123 Å². The standard InChI is InChI=1S/C9H10BrClN4O3S/c1-4-6(10)9(18-13-4)14-19(16,17)7-5(2)12-15(3)8(7)11/h14H,1-3H3. The average molecular weight is 370 g/mol. The van der Waals surface area contributed by atoms with E-state index in [0.717, 1.165) is 0 Å². The topological polar surface area (TPSA) is 90.0 Å². The van der Waals surface area contributed by atoms with Crippen molar-refractivity contribution in [2.45, 2.75) is 18.7 Å². The number of aryl methyl sites for hydroxylation is 3. The number of aromatic nitrogens is 3. The highest BCUT2D eigenvalue weighted by molar-refractivity contribution is 9.10. The Morgan fingerprint density at radius 2 is 2.00 bits per heavy atom. The maximum Gasteiger partial charge on any atom is 0.269 e. The Balaban J connectivity index is 2.47. The van der Waals surface area contributed by atoms with E-state index in [1.807, 2.05) is 0 Å². The fourth-order valence-electron chi connectivity index (χ4n) is 1.51. The molecular weight excluding hydrogens is 360 g/mol.